The van der Waals surface area contributed by atoms with Crippen LogP contribution in [0.1, 0.15) is 27.1 Å². The fourth-order valence-corrected chi connectivity index (χ4v) is 1.90. The zero-order valence-electron chi connectivity index (χ0n) is 11.1. The average molecular weight is 303 g/mol. The Morgan fingerprint density at radius 1 is 0.864 bits per heavy atom. The van der Waals surface area contributed by atoms with Crippen LogP contribution in [0.4, 0.5) is 0 Å². The van der Waals surface area contributed by atoms with Gasteiger partial charge in [0.05, 0.1) is 12.0 Å². The van der Waals surface area contributed by atoms with E-state index in [1.54, 1.807) is 0 Å². The van der Waals surface area contributed by atoms with E-state index in [0.717, 1.165) is 24.3 Å². The predicted molar refractivity (Wildman–Crippen MR) is 72.3 cm³/mol. The molecule has 7 nitrogen and oxygen atoms in total. The van der Waals surface area contributed by atoms with Gasteiger partial charge in [-0.15, -0.1) is 0 Å². The summed E-state index contributed by atoms with van der Waals surface area (Å²) >= 11 is 0. The molecular formula is C15H11O7-. The van der Waals surface area contributed by atoms with E-state index >= 15 is 0 Å². The molecule has 7 heteroatoms. The number of hydrogen-bond donors (Lipinski definition) is 4. The number of Topliss-reactive ketones (excluding diaryl/α,β-unsaturated/α-hetero) is 2. The first-order valence-corrected chi connectivity index (χ1v) is 6.11. The first-order chi connectivity index (χ1) is 10.3. The zero-order valence-corrected chi connectivity index (χ0v) is 11.1. The van der Waals surface area contributed by atoms with Crippen LogP contribution in [-0.2, 0) is 0 Å². The van der Waals surface area contributed by atoms with Crippen LogP contribution in [0.2, 0.25) is 0 Å². The number of phenolic OH excluding ortho intramolecular Hbond substituents is 4. The Labute approximate surface area is 124 Å². The highest BCUT2D eigenvalue weighted by Crippen LogP contribution is 2.32. The highest BCUT2D eigenvalue weighted by molar-refractivity contribution is 6.15. The fraction of sp³-hybridized carbons (Fsp3) is 0.0667. The first-order valence-electron chi connectivity index (χ1n) is 6.11. The van der Waals surface area contributed by atoms with E-state index < -0.39 is 52.3 Å². The molecule has 0 aliphatic carbocycles. The van der Waals surface area contributed by atoms with Crippen molar-refractivity contribution >= 4 is 11.6 Å². The van der Waals surface area contributed by atoms with Gasteiger partial charge in [0.2, 0.25) is 0 Å². The second-order valence-electron chi connectivity index (χ2n) is 4.56. The van der Waals surface area contributed by atoms with Crippen LogP contribution in [-0.4, -0.2) is 32.0 Å². The minimum atomic E-state index is -0.917. The summed E-state index contributed by atoms with van der Waals surface area (Å²) in [4.78, 5) is 23.9. The van der Waals surface area contributed by atoms with Crippen LogP contribution >= 0.6 is 0 Å². The number of benzene rings is 2. The predicted octanol–water partition coefficient (Wildman–Crippen LogP) is 1.04. The largest absolute Gasteiger partial charge is 0.872 e. The van der Waals surface area contributed by atoms with E-state index in [0.29, 0.717) is 0 Å². The van der Waals surface area contributed by atoms with E-state index in [-0.39, 0.29) is 5.56 Å². The normalized spacial score (nSPS) is 10.4. The summed E-state index contributed by atoms with van der Waals surface area (Å²) < 4.78 is 0. The van der Waals surface area contributed by atoms with Crippen LogP contribution in [0.15, 0.2) is 30.3 Å². The lowest BCUT2D eigenvalue weighted by Crippen LogP contribution is -2.11. The van der Waals surface area contributed by atoms with Crippen LogP contribution < -0.4 is 5.11 Å². The van der Waals surface area contributed by atoms with Gasteiger partial charge < -0.3 is 25.5 Å². The SMILES string of the molecule is O=C(CC(=O)c1c([O-])cc(O)cc1O)c1ccc(O)c(O)c1. The average Bonchev–Trinajstić information content (AvgIpc) is 2.40. The molecule has 0 bridgehead atoms. The van der Waals surface area contributed by atoms with Crippen molar-refractivity contribution in [2.75, 3.05) is 0 Å². The van der Waals surface area contributed by atoms with E-state index in [9.17, 15) is 24.9 Å². The minimum absolute atomic E-state index is 0.0330. The number of ketones is 2. The molecular weight excluding hydrogens is 292 g/mol. The molecule has 0 aromatic heterocycles. The maximum Gasteiger partial charge on any atom is 0.173 e. The molecule has 0 saturated carbocycles. The summed E-state index contributed by atoms with van der Waals surface area (Å²) in [7, 11) is 0. The van der Waals surface area contributed by atoms with E-state index in [1.807, 2.05) is 0 Å². The van der Waals surface area contributed by atoms with Crippen molar-refractivity contribution in [2.45, 2.75) is 6.42 Å². The van der Waals surface area contributed by atoms with Gasteiger partial charge in [0.15, 0.2) is 23.1 Å². The van der Waals surface area contributed by atoms with Gasteiger partial charge in [-0.25, -0.2) is 0 Å². The molecule has 0 heterocycles. The van der Waals surface area contributed by atoms with Gasteiger partial charge in [0.25, 0.3) is 0 Å². The topological polar surface area (TPSA) is 138 Å². The summed E-state index contributed by atoms with van der Waals surface area (Å²) in [5.41, 5.74) is -0.622. The Kier molecular flexibility index (Phi) is 3.89. The van der Waals surface area contributed by atoms with Crippen molar-refractivity contribution in [2.24, 2.45) is 0 Å². The second kappa shape index (κ2) is 5.65. The molecule has 0 spiro atoms. The molecule has 2 rings (SSSR count). The molecule has 0 fully saturated rings. The standard InChI is InChI=1S/C15H12O7/c16-8-4-12(20)15(13(21)5-8)14(22)6-10(18)7-1-2-9(17)11(19)3-7/h1-5,16-17,19-21H,6H2/p-1. The lowest BCUT2D eigenvalue weighted by molar-refractivity contribution is -0.268. The van der Waals surface area contributed by atoms with Gasteiger partial charge >= 0.3 is 0 Å². The van der Waals surface area contributed by atoms with Gasteiger partial charge in [0.1, 0.15) is 11.5 Å². The zero-order chi connectivity index (χ0) is 16.4. The Bertz CT molecular complexity index is 741. The molecule has 22 heavy (non-hydrogen) atoms. The monoisotopic (exact) mass is 303 g/mol. The maximum absolute atomic E-state index is 12.0. The summed E-state index contributed by atoms with van der Waals surface area (Å²) in [6, 6.07) is 4.86. The summed E-state index contributed by atoms with van der Waals surface area (Å²) in [5.74, 6) is -4.66. The van der Waals surface area contributed by atoms with Crippen molar-refractivity contribution in [3.8, 4) is 28.7 Å². The Hall–Kier alpha value is -3.22. The van der Waals surface area contributed by atoms with Crippen molar-refractivity contribution in [3.05, 3.63) is 41.5 Å². The molecule has 2 aromatic rings. The van der Waals surface area contributed by atoms with Crippen molar-refractivity contribution in [1.29, 1.82) is 0 Å². The fourth-order valence-electron chi connectivity index (χ4n) is 1.90. The Balaban J connectivity index is 2.25. The number of carbonyl (C=O) groups is 2. The maximum atomic E-state index is 12.0. The van der Waals surface area contributed by atoms with Crippen molar-refractivity contribution in [1.82, 2.24) is 0 Å². The first kappa shape index (κ1) is 15.2. The molecule has 0 unspecified atom stereocenters. The summed E-state index contributed by atoms with van der Waals surface area (Å²) in [5, 5.41) is 48.7. The van der Waals surface area contributed by atoms with E-state index in [4.69, 9.17) is 10.2 Å². The molecule has 0 amide bonds. The number of phenols is 4. The van der Waals surface area contributed by atoms with Gasteiger partial charge in [-0.3, -0.25) is 9.59 Å². The molecule has 114 valence electrons. The summed E-state index contributed by atoms with van der Waals surface area (Å²) in [6.45, 7) is 0. The molecule has 0 saturated heterocycles. The molecule has 0 atom stereocenters. The molecule has 0 aliphatic heterocycles. The minimum Gasteiger partial charge on any atom is -0.872 e. The van der Waals surface area contributed by atoms with Gasteiger partial charge in [-0.1, -0.05) is 5.75 Å². The quantitative estimate of drug-likeness (QED) is 0.376. The molecule has 0 radical (unpaired) electrons. The Morgan fingerprint density at radius 2 is 1.55 bits per heavy atom. The number of hydrogen-bond acceptors (Lipinski definition) is 7. The lowest BCUT2D eigenvalue weighted by atomic mass is 9.99. The summed E-state index contributed by atoms with van der Waals surface area (Å²) in [6.07, 6.45) is -0.711. The highest BCUT2D eigenvalue weighted by atomic mass is 16.3. The van der Waals surface area contributed by atoms with Crippen LogP contribution in [0.5, 0.6) is 28.7 Å². The van der Waals surface area contributed by atoms with Crippen LogP contribution in [0, 0.1) is 0 Å². The molecule has 2 aromatic carbocycles. The smallest absolute Gasteiger partial charge is 0.173 e. The Morgan fingerprint density at radius 3 is 2.14 bits per heavy atom. The number of aromatic hydroxyl groups is 4. The highest BCUT2D eigenvalue weighted by Gasteiger charge is 2.18. The van der Waals surface area contributed by atoms with Crippen LogP contribution in [0.3, 0.4) is 0 Å². The third-order valence-electron chi connectivity index (χ3n) is 2.96. The lowest BCUT2D eigenvalue weighted by Gasteiger charge is -2.14. The third-order valence-corrected chi connectivity index (χ3v) is 2.96. The molecule has 4 N–H and O–H groups in total. The van der Waals surface area contributed by atoms with Crippen molar-refractivity contribution < 1.29 is 35.1 Å². The van der Waals surface area contributed by atoms with Gasteiger partial charge in [-0.05, 0) is 24.3 Å². The van der Waals surface area contributed by atoms with Gasteiger partial charge in [-0.2, -0.15) is 0 Å². The van der Waals surface area contributed by atoms with E-state index in [2.05, 4.69) is 0 Å². The van der Waals surface area contributed by atoms with Gasteiger partial charge in [0, 0.05) is 11.6 Å². The van der Waals surface area contributed by atoms with Crippen molar-refractivity contribution in [3.63, 3.8) is 0 Å². The third kappa shape index (κ3) is 2.93. The molecule has 0 aliphatic rings. The second-order valence-corrected chi connectivity index (χ2v) is 4.56. The number of rotatable bonds is 4. The number of carbonyl (C=O) groups excluding carboxylic acids is 2. The van der Waals surface area contributed by atoms with E-state index in [1.165, 1.54) is 6.07 Å². The van der Waals surface area contributed by atoms with Crippen LogP contribution in [0.25, 0.3) is 0 Å².